The summed E-state index contributed by atoms with van der Waals surface area (Å²) in [5.41, 5.74) is -1.79. The molecule has 134 valence electrons. The van der Waals surface area contributed by atoms with E-state index < -0.39 is 33.8 Å². The Kier molecular flexibility index (Phi) is 5.67. The lowest BCUT2D eigenvalue weighted by atomic mass is 10.0. The van der Waals surface area contributed by atoms with Gasteiger partial charge in [-0.15, -0.1) is 0 Å². The van der Waals surface area contributed by atoms with Gasteiger partial charge in [-0.1, -0.05) is 43.0 Å². The first kappa shape index (κ1) is 19.2. The molecule has 0 amide bonds. The smallest absolute Gasteiger partial charge is 0.418 e. The van der Waals surface area contributed by atoms with Gasteiger partial charge in [0, 0.05) is 4.90 Å². The zero-order valence-electron chi connectivity index (χ0n) is 13.7. The first-order valence-corrected chi connectivity index (χ1v) is 8.43. The van der Waals surface area contributed by atoms with Gasteiger partial charge in [0.2, 0.25) is 0 Å². The second-order valence-electron chi connectivity index (χ2n) is 5.66. The topological polar surface area (TPSA) is 49.3 Å². The van der Waals surface area contributed by atoms with Crippen LogP contribution in [-0.2, 0) is 6.18 Å². The zero-order chi connectivity index (χ0) is 18.7. The molecule has 0 fully saturated rings. The van der Waals surface area contributed by atoms with Gasteiger partial charge >= 0.3 is 12.1 Å². The third kappa shape index (κ3) is 4.69. The van der Waals surface area contributed by atoms with Gasteiger partial charge in [0.25, 0.3) is 0 Å². The highest BCUT2D eigenvalue weighted by Gasteiger charge is 2.37. The Morgan fingerprint density at radius 3 is 2.28 bits per heavy atom. The molecule has 0 bridgehead atoms. The van der Waals surface area contributed by atoms with Crippen LogP contribution in [0.4, 0.5) is 18.9 Å². The molecule has 3 nitrogen and oxygen atoms in total. The third-order valence-corrected chi connectivity index (χ3v) is 5.10. The fraction of sp³-hybridized carbons (Fsp3) is 0.278. The van der Waals surface area contributed by atoms with Gasteiger partial charge in [-0.3, -0.25) is 0 Å². The van der Waals surface area contributed by atoms with Gasteiger partial charge in [-0.05, 0) is 37.6 Å². The van der Waals surface area contributed by atoms with Crippen LogP contribution in [-0.4, -0.2) is 15.9 Å². The maximum Gasteiger partial charge on any atom is 0.418 e. The van der Waals surface area contributed by atoms with Gasteiger partial charge < -0.3 is 10.4 Å². The Balaban J connectivity index is 2.47. The number of aromatic carboxylic acids is 1. The molecule has 2 rings (SSSR count). The molecule has 0 aliphatic carbocycles. The maximum absolute atomic E-state index is 13.4. The molecule has 0 aliphatic rings. The minimum Gasteiger partial charge on any atom is -0.478 e. The third-order valence-electron chi connectivity index (χ3n) is 3.75. The summed E-state index contributed by atoms with van der Waals surface area (Å²) in [5.74, 6) is -1.41. The first-order valence-electron chi connectivity index (χ1n) is 7.62. The molecule has 25 heavy (non-hydrogen) atoms. The van der Waals surface area contributed by atoms with Crippen LogP contribution >= 0.6 is 11.8 Å². The molecule has 1 unspecified atom stereocenters. The molecule has 0 aliphatic heterocycles. The van der Waals surface area contributed by atoms with Gasteiger partial charge in [-0.25, -0.2) is 4.79 Å². The molecular formula is C18H18F3NO2S. The Hall–Kier alpha value is -2.15. The Morgan fingerprint density at radius 2 is 1.76 bits per heavy atom. The van der Waals surface area contributed by atoms with Crippen molar-refractivity contribution < 1.29 is 23.1 Å². The second kappa shape index (κ2) is 7.39. The van der Waals surface area contributed by atoms with Crippen LogP contribution in [0.25, 0.3) is 0 Å². The van der Waals surface area contributed by atoms with E-state index in [0.717, 1.165) is 17.0 Å². The summed E-state index contributed by atoms with van der Waals surface area (Å²) in [6.07, 6.45) is -4.17. The van der Waals surface area contributed by atoms with E-state index in [-0.39, 0.29) is 0 Å². The van der Waals surface area contributed by atoms with Crippen LogP contribution in [0.2, 0.25) is 0 Å². The number of thioether (sulfide) groups is 1. The number of anilines is 1. The van der Waals surface area contributed by atoms with Crippen molar-refractivity contribution in [3.05, 3.63) is 59.7 Å². The van der Waals surface area contributed by atoms with Crippen LogP contribution < -0.4 is 5.32 Å². The predicted octanol–water partition coefficient (Wildman–Crippen LogP) is 5.73. The largest absolute Gasteiger partial charge is 0.478 e. The normalized spacial score (nSPS) is 14.0. The lowest BCUT2D eigenvalue weighted by Gasteiger charge is -2.32. The van der Waals surface area contributed by atoms with Crippen molar-refractivity contribution in [3.8, 4) is 0 Å². The van der Waals surface area contributed by atoms with Gasteiger partial charge in [-0.2, -0.15) is 13.2 Å². The van der Waals surface area contributed by atoms with Crippen LogP contribution in [0.1, 0.15) is 36.2 Å². The minimum atomic E-state index is -4.65. The number of hydrogen-bond acceptors (Lipinski definition) is 3. The number of para-hydroxylation sites is 1. The van der Waals surface area contributed by atoms with Crippen LogP contribution in [0.15, 0.2) is 53.4 Å². The zero-order valence-corrected chi connectivity index (χ0v) is 14.5. The maximum atomic E-state index is 13.4. The van der Waals surface area contributed by atoms with E-state index >= 15 is 0 Å². The van der Waals surface area contributed by atoms with Crippen molar-refractivity contribution >= 4 is 23.4 Å². The average molecular weight is 369 g/mol. The number of carboxylic acids is 1. The predicted molar refractivity (Wildman–Crippen MR) is 93.0 cm³/mol. The highest BCUT2D eigenvalue weighted by Crippen LogP contribution is 2.42. The van der Waals surface area contributed by atoms with E-state index in [4.69, 9.17) is 0 Å². The number of hydrogen-bond donors (Lipinski definition) is 2. The molecule has 0 saturated heterocycles. The van der Waals surface area contributed by atoms with Crippen LogP contribution in [0.3, 0.4) is 0 Å². The molecule has 2 aromatic carbocycles. The van der Waals surface area contributed by atoms with E-state index in [0.29, 0.717) is 6.42 Å². The molecule has 0 heterocycles. The molecule has 0 aromatic heterocycles. The summed E-state index contributed by atoms with van der Waals surface area (Å²) in [7, 11) is 0. The van der Waals surface area contributed by atoms with E-state index in [9.17, 15) is 23.1 Å². The molecule has 7 heteroatoms. The number of carbonyl (C=O) groups is 1. The molecule has 1 atom stereocenters. The fourth-order valence-electron chi connectivity index (χ4n) is 2.30. The summed E-state index contributed by atoms with van der Waals surface area (Å²) in [5, 5.41) is 12.1. The summed E-state index contributed by atoms with van der Waals surface area (Å²) in [4.78, 5) is 11.5. The lowest BCUT2D eigenvalue weighted by Crippen LogP contribution is -2.32. The number of alkyl halides is 3. The van der Waals surface area contributed by atoms with Gasteiger partial charge in [0.1, 0.15) is 0 Å². The standard InChI is InChI=1S/C18H18F3NO2S/c1-3-17(2,25-12-8-5-4-6-9-12)22-15-13(16(23)24)10-7-11-14(15)18(19,20)21/h4-11,22H,3H2,1-2H3,(H,23,24). The molecule has 0 radical (unpaired) electrons. The number of nitrogens with one attached hydrogen (secondary N) is 1. The molecular weight excluding hydrogens is 351 g/mol. The highest BCUT2D eigenvalue weighted by atomic mass is 32.2. The fourth-order valence-corrected chi connectivity index (χ4v) is 3.41. The quantitative estimate of drug-likeness (QED) is 0.504. The Labute approximate surface area is 148 Å². The summed E-state index contributed by atoms with van der Waals surface area (Å²) in [6, 6.07) is 12.4. The van der Waals surface area contributed by atoms with E-state index in [2.05, 4.69) is 5.32 Å². The van der Waals surface area contributed by atoms with Crippen molar-refractivity contribution in [1.29, 1.82) is 0 Å². The minimum absolute atomic E-state index is 0.400. The summed E-state index contributed by atoms with van der Waals surface area (Å²) >= 11 is 1.35. The van der Waals surface area contributed by atoms with Gasteiger partial charge in [0.05, 0.1) is 21.7 Å². The average Bonchev–Trinajstić information content (AvgIpc) is 2.54. The second-order valence-corrected chi connectivity index (χ2v) is 7.23. The molecule has 0 saturated carbocycles. The summed E-state index contributed by atoms with van der Waals surface area (Å²) < 4.78 is 40.1. The molecule has 2 N–H and O–H groups in total. The van der Waals surface area contributed by atoms with Gasteiger partial charge in [0.15, 0.2) is 0 Å². The molecule has 0 spiro atoms. The lowest BCUT2D eigenvalue weighted by molar-refractivity contribution is -0.137. The summed E-state index contributed by atoms with van der Waals surface area (Å²) in [6.45, 7) is 3.59. The number of benzene rings is 2. The first-order chi connectivity index (χ1) is 11.7. The van der Waals surface area contributed by atoms with E-state index in [1.54, 1.807) is 6.92 Å². The Bertz CT molecular complexity index is 750. The van der Waals surface area contributed by atoms with Crippen molar-refractivity contribution in [1.82, 2.24) is 0 Å². The van der Waals surface area contributed by atoms with E-state index in [1.165, 1.54) is 17.8 Å². The van der Waals surface area contributed by atoms with E-state index in [1.807, 2.05) is 37.3 Å². The van der Waals surface area contributed by atoms with Crippen molar-refractivity contribution in [2.45, 2.75) is 36.2 Å². The van der Waals surface area contributed by atoms with Crippen LogP contribution in [0, 0.1) is 0 Å². The number of rotatable bonds is 6. The number of halogens is 3. The van der Waals surface area contributed by atoms with Crippen molar-refractivity contribution in [2.75, 3.05) is 5.32 Å². The van der Waals surface area contributed by atoms with Crippen molar-refractivity contribution in [3.63, 3.8) is 0 Å². The molecule has 2 aromatic rings. The monoisotopic (exact) mass is 369 g/mol. The number of carboxylic acid groups (broad SMARTS) is 1. The van der Waals surface area contributed by atoms with Crippen LogP contribution in [0.5, 0.6) is 0 Å². The SMILES string of the molecule is CCC(C)(Nc1c(C(=O)O)cccc1C(F)(F)F)Sc1ccccc1. The Morgan fingerprint density at radius 1 is 1.12 bits per heavy atom. The highest BCUT2D eigenvalue weighted by molar-refractivity contribution is 8.00. The van der Waals surface area contributed by atoms with Crippen molar-refractivity contribution in [2.24, 2.45) is 0 Å².